The third-order valence-corrected chi connectivity index (χ3v) is 9.46. The van der Waals surface area contributed by atoms with Crippen LogP contribution >= 0.6 is 11.6 Å². The lowest BCUT2D eigenvalue weighted by Crippen LogP contribution is -2.70. The van der Waals surface area contributed by atoms with E-state index >= 15 is 4.39 Å². The molecule has 31 heavy (non-hydrogen) atoms. The molecule has 0 aliphatic heterocycles. The van der Waals surface area contributed by atoms with Crippen molar-refractivity contribution in [3.8, 4) is 0 Å². The quantitative estimate of drug-likeness (QED) is 0.500. The van der Waals surface area contributed by atoms with Crippen LogP contribution < -0.4 is 0 Å². The zero-order chi connectivity index (χ0) is 23.0. The summed E-state index contributed by atoms with van der Waals surface area (Å²) in [7, 11) is 0. The molecule has 3 saturated carbocycles. The maximum atomic E-state index is 17.0. The first-order chi connectivity index (χ1) is 14.3. The van der Waals surface area contributed by atoms with Gasteiger partial charge in [0.05, 0.1) is 11.5 Å². The van der Waals surface area contributed by atoms with Crippen LogP contribution in [0.3, 0.4) is 0 Å². The first-order valence-electron chi connectivity index (χ1n) is 11.0. The SMILES string of the molecule is CC(=O)OCC(=O)[C@@]1(O)CCC2C3C[C@H](Cl)C4=CC(=O)CCC4(C)[C@@]3(F)C(O)CC21C. The maximum absolute atomic E-state index is 17.0. The van der Waals surface area contributed by atoms with Crippen LogP contribution in [0.2, 0.25) is 0 Å². The van der Waals surface area contributed by atoms with Crippen molar-refractivity contribution in [2.24, 2.45) is 22.7 Å². The first kappa shape index (κ1) is 22.9. The number of alkyl halides is 2. The Kier molecular flexibility index (Phi) is 5.23. The molecule has 4 rings (SSSR count). The fraction of sp³-hybridized carbons (Fsp3) is 0.783. The van der Waals surface area contributed by atoms with Crippen LogP contribution in [0.15, 0.2) is 11.6 Å². The lowest BCUT2D eigenvalue weighted by Gasteiger charge is -2.64. The van der Waals surface area contributed by atoms with Crippen molar-refractivity contribution >= 4 is 29.1 Å². The van der Waals surface area contributed by atoms with Gasteiger partial charge >= 0.3 is 5.97 Å². The first-order valence-corrected chi connectivity index (χ1v) is 11.4. The van der Waals surface area contributed by atoms with Gasteiger partial charge in [0.15, 0.2) is 12.4 Å². The molecule has 5 unspecified atom stereocenters. The van der Waals surface area contributed by atoms with Crippen LogP contribution in [0.5, 0.6) is 0 Å². The highest BCUT2D eigenvalue weighted by molar-refractivity contribution is 6.23. The lowest BCUT2D eigenvalue weighted by molar-refractivity contribution is -0.226. The molecule has 0 aromatic carbocycles. The number of halogens is 2. The van der Waals surface area contributed by atoms with E-state index in [1.54, 1.807) is 13.8 Å². The van der Waals surface area contributed by atoms with Gasteiger partial charge in [-0.1, -0.05) is 13.8 Å². The Bertz CT molecular complexity index is 874. The lowest BCUT2D eigenvalue weighted by atomic mass is 9.43. The summed E-state index contributed by atoms with van der Waals surface area (Å²) in [5, 5.41) is 22.1. The summed E-state index contributed by atoms with van der Waals surface area (Å²) in [6, 6.07) is 0. The molecular formula is C23H30ClFO6. The van der Waals surface area contributed by atoms with Crippen LogP contribution in [0.25, 0.3) is 0 Å². The highest BCUT2D eigenvalue weighted by atomic mass is 35.5. The van der Waals surface area contributed by atoms with Gasteiger partial charge in [0.25, 0.3) is 0 Å². The average Bonchev–Trinajstić information content (AvgIpc) is 2.96. The van der Waals surface area contributed by atoms with Gasteiger partial charge < -0.3 is 14.9 Å². The van der Waals surface area contributed by atoms with Crippen molar-refractivity contribution in [2.75, 3.05) is 6.61 Å². The molecule has 0 amide bonds. The molecule has 0 spiro atoms. The number of aliphatic hydroxyl groups is 2. The van der Waals surface area contributed by atoms with Gasteiger partial charge in [-0.15, -0.1) is 11.6 Å². The number of hydrogen-bond acceptors (Lipinski definition) is 6. The summed E-state index contributed by atoms with van der Waals surface area (Å²) in [6.45, 7) is 4.09. The molecule has 3 fully saturated rings. The number of carbonyl (C=O) groups is 3. The van der Waals surface area contributed by atoms with E-state index in [9.17, 15) is 24.6 Å². The second-order valence-electron chi connectivity index (χ2n) is 10.3. The number of rotatable bonds is 3. The van der Waals surface area contributed by atoms with E-state index in [0.717, 1.165) is 0 Å². The van der Waals surface area contributed by atoms with E-state index in [4.69, 9.17) is 16.3 Å². The van der Waals surface area contributed by atoms with Gasteiger partial charge in [-0.3, -0.25) is 14.4 Å². The Morgan fingerprint density at radius 1 is 1.29 bits per heavy atom. The van der Waals surface area contributed by atoms with Gasteiger partial charge in [-0.25, -0.2) is 4.39 Å². The van der Waals surface area contributed by atoms with Crippen molar-refractivity contribution in [3.63, 3.8) is 0 Å². The number of aliphatic hydroxyl groups excluding tert-OH is 1. The van der Waals surface area contributed by atoms with E-state index < -0.39 is 57.9 Å². The molecule has 0 bridgehead atoms. The van der Waals surface area contributed by atoms with Crippen LogP contribution in [0.4, 0.5) is 4.39 Å². The van der Waals surface area contributed by atoms with Crippen molar-refractivity contribution in [3.05, 3.63) is 11.6 Å². The predicted molar refractivity (Wildman–Crippen MR) is 110 cm³/mol. The van der Waals surface area contributed by atoms with Crippen molar-refractivity contribution in [1.82, 2.24) is 0 Å². The number of Topliss-reactive ketones (excluding diaryl/α,β-unsaturated/α-hetero) is 1. The second kappa shape index (κ2) is 7.09. The molecule has 0 saturated heterocycles. The summed E-state index contributed by atoms with van der Waals surface area (Å²) in [5.41, 5.74) is -5.45. The molecule has 172 valence electrons. The molecule has 0 aromatic rings. The third-order valence-electron chi connectivity index (χ3n) is 9.04. The Hall–Kier alpha value is -1.31. The number of hydrogen-bond donors (Lipinski definition) is 2. The van der Waals surface area contributed by atoms with E-state index in [1.165, 1.54) is 13.0 Å². The topological polar surface area (TPSA) is 101 Å². The van der Waals surface area contributed by atoms with Gasteiger partial charge in [0, 0.05) is 30.1 Å². The number of ether oxygens (including phenoxy) is 1. The Morgan fingerprint density at radius 2 is 1.97 bits per heavy atom. The summed E-state index contributed by atoms with van der Waals surface area (Å²) in [6.07, 6.45) is 1.11. The maximum Gasteiger partial charge on any atom is 0.303 e. The van der Waals surface area contributed by atoms with Crippen LogP contribution in [-0.4, -0.2) is 57.1 Å². The minimum absolute atomic E-state index is 0.0818. The van der Waals surface area contributed by atoms with Crippen LogP contribution in [-0.2, 0) is 19.1 Å². The summed E-state index contributed by atoms with van der Waals surface area (Å²) < 4.78 is 21.9. The fourth-order valence-corrected chi connectivity index (χ4v) is 7.80. The highest BCUT2D eigenvalue weighted by Gasteiger charge is 2.75. The van der Waals surface area contributed by atoms with E-state index in [2.05, 4.69) is 0 Å². The van der Waals surface area contributed by atoms with Gasteiger partial charge in [-0.2, -0.15) is 0 Å². The van der Waals surface area contributed by atoms with Crippen LogP contribution in [0.1, 0.15) is 59.3 Å². The monoisotopic (exact) mass is 456 g/mol. The zero-order valence-corrected chi connectivity index (χ0v) is 18.9. The fourth-order valence-electron chi connectivity index (χ4n) is 7.31. The zero-order valence-electron chi connectivity index (χ0n) is 18.1. The normalized spacial score (nSPS) is 48.9. The number of ketones is 2. The minimum Gasteiger partial charge on any atom is -0.458 e. The molecule has 8 atom stereocenters. The molecule has 0 radical (unpaired) electrons. The second-order valence-corrected chi connectivity index (χ2v) is 10.8. The number of carbonyl (C=O) groups excluding carboxylic acids is 3. The molecule has 8 heteroatoms. The van der Waals surface area contributed by atoms with Crippen molar-refractivity contribution in [1.29, 1.82) is 0 Å². The Labute approximate surface area is 186 Å². The Balaban J connectivity index is 1.74. The molecule has 4 aliphatic rings. The summed E-state index contributed by atoms with van der Waals surface area (Å²) in [4.78, 5) is 36.1. The van der Waals surface area contributed by atoms with E-state index in [1.807, 2.05) is 0 Å². The molecule has 6 nitrogen and oxygen atoms in total. The van der Waals surface area contributed by atoms with Crippen molar-refractivity contribution < 1.29 is 33.7 Å². The highest BCUT2D eigenvalue weighted by Crippen LogP contribution is 2.70. The van der Waals surface area contributed by atoms with E-state index in [0.29, 0.717) is 12.0 Å². The Morgan fingerprint density at radius 3 is 2.61 bits per heavy atom. The van der Waals surface area contributed by atoms with Crippen molar-refractivity contribution in [2.45, 2.75) is 82.0 Å². The molecule has 2 N–H and O–H groups in total. The predicted octanol–water partition coefficient (Wildman–Crippen LogP) is 2.66. The van der Waals surface area contributed by atoms with Crippen LogP contribution in [0, 0.1) is 22.7 Å². The molecule has 0 heterocycles. The molecular weight excluding hydrogens is 427 g/mol. The third kappa shape index (κ3) is 2.85. The van der Waals surface area contributed by atoms with E-state index in [-0.39, 0.29) is 43.8 Å². The van der Waals surface area contributed by atoms with Gasteiger partial charge in [-0.05, 0) is 49.7 Å². The molecule has 4 aliphatic carbocycles. The number of esters is 1. The number of fused-ring (bicyclic) bond motifs is 5. The average molecular weight is 457 g/mol. The van der Waals surface area contributed by atoms with Gasteiger partial charge in [0.2, 0.25) is 5.78 Å². The number of allylic oxidation sites excluding steroid dienone is 1. The summed E-state index contributed by atoms with van der Waals surface area (Å²) >= 11 is 6.67. The molecule has 0 aromatic heterocycles. The smallest absolute Gasteiger partial charge is 0.303 e. The standard InChI is InChI=1S/C23H30ClFO6/c1-12(26)31-11-19(29)22(30)7-5-14-15-9-17(24)16-8-13(27)4-6-20(16,2)23(15,25)18(28)10-21(14,22)3/h8,14-15,17-18,28,30H,4-7,9-11H2,1-3H3/t14?,15?,17-,18?,20?,21?,22-,23-/m0/s1. The van der Waals surface area contributed by atoms with Gasteiger partial charge in [0.1, 0.15) is 11.3 Å². The summed E-state index contributed by atoms with van der Waals surface area (Å²) in [5.74, 6) is -2.39. The largest absolute Gasteiger partial charge is 0.458 e. The minimum atomic E-state index is -2.01.